The number of phenols is 1. The lowest BCUT2D eigenvalue weighted by Crippen LogP contribution is -1.97. The number of hydrogen-bond donors (Lipinski definition) is 1. The third-order valence-electron chi connectivity index (χ3n) is 0.867. The lowest BCUT2D eigenvalue weighted by atomic mass is 10.3. The van der Waals surface area contributed by atoms with Crippen LogP contribution in [0.25, 0.3) is 0 Å². The molecular weight excluding hydrogens is 116 g/mol. The molecule has 0 saturated heterocycles. The minimum absolute atomic E-state index is 0.298. The van der Waals surface area contributed by atoms with Crippen molar-refractivity contribution in [2.24, 2.45) is 0 Å². The second-order valence-corrected chi connectivity index (χ2v) is 2.12. The van der Waals surface area contributed by atoms with Crippen molar-refractivity contribution in [3.05, 3.63) is 24.3 Å². The Hall–Kier alpha value is -0.763. The zero-order valence-corrected chi connectivity index (χ0v) is 5.26. The molecule has 1 aromatic rings. The van der Waals surface area contributed by atoms with Crippen LogP contribution in [-0.2, 0) is 0 Å². The van der Waals surface area contributed by atoms with Crippen LogP contribution in [0.15, 0.2) is 24.3 Å². The first-order valence-corrected chi connectivity index (χ1v) is 2.79. The van der Waals surface area contributed by atoms with Gasteiger partial charge in [0.15, 0.2) is 0 Å². The van der Waals surface area contributed by atoms with E-state index < -0.39 is 0 Å². The summed E-state index contributed by atoms with van der Waals surface area (Å²) in [7, 11) is 3.28. The maximum Gasteiger partial charge on any atom is 0.115 e. The average molecular weight is 121 g/mol. The highest BCUT2D eigenvalue weighted by Gasteiger charge is 1.82. The first-order valence-electron chi connectivity index (χ1n) is 2.29. The van der Waals surface area contributed by atoms with Gasteiger partial charge >= 0.3 is 0 Å². The van der Waals surface area contributed by atoms with Crippen molar-refractivity contribution in [2.45, 2.75) is 0 Å². The third kappa shape index (κ3) is 1.10. The summed E-state index contributed by atoms with van der Waals surface area (Å²) in [5, 5.41) is 9.71. The molecule has 1 nitrogen and oxygen atoms in total. The molecule has 0 fully saturated rings. The van der Waals surface area contributed by atoms with Crippen molar-refractivity contribution >= 4 is 15.4 Å². The highest BCUT2D eigenvalue weighted by Crippen LogP contribution is 2.01. The molecule has 0 aliphatic carbocycles. The van der Waals surface area contributed by atoms with E-state index in [4.69, 9.17) is 5.11 Å². The Morgan fingerprint density at radius 2 is 1.62 bits per heavy atom. The van der Waals surface area contributed by atoms with Gasteiger partial charge in [-0.3, -0.25) is 0 Å². The van der Waals surface area contributed by atoms with Crippen LogP contribution >= 0.6 is 0 Å². The SMILES string of the molecule is Oc1ccc([Si])cc1. The van der Waals surface area contributed by atoms with Crippen molar-refractivity contribution < 1.29 is 5.11 Å². The van der Waals surface area contributed by atoms with E-state index in [1.54, 1.807) is 24.3 Å². The summed E-state index contributed by atoms with van der Waals surface area (Å²) in [5.74, 6) is 0.298. The normalized spacial score (nSPS) is 9.12. The second kappa shape index (κ2) is 2.00. The maximum absolute atomic E-state index is 8.74. The van der Waals surface area contributed by atoms with Crippen LogP contribution in [0.1, 0.15) is 0 Å². The van der Waals surface area contributed by atoms with Crippen LogP contribution in [0.4, 0.5) is 0 Å². The molecule has 2 heteroatoms. The molecule has 0 aromatic heterocycles. The van der Waals surface area contributed by atoms with Crippen molar-refractivity contribution in [2.75, 3.05) is 0 Å². The Labute approximate surface area is 51.4 Å². The van der Waals surface area contributed by atoms with E-state index in [0.717, 1.165) is 5.19 Å². The van der Waals surface area contributed by atoms with Gasteiger partial charge in [0.05, 0.1) is 10.2 Å². The maximum atomic E-state index is 8.74. The molecule has 1 N–H and O–H groups in total. The van der Waals surface area contributed by atoms with E-state index in [9.17, 15) is 0 Å². The van der Waals surface area contributed by atoms with Gasteiger partial charge in [-0.15, -0.1) is 0 Å². The molecule has 0 bridgehead atoms. The van der Waals surface area contributed by atoms with E-state index >= 15 is 0 Å². The van der Waals surface area contributed by atoms with Crippen molar-refractivity contribution in [1.82, 2.24) is 0 Å². The fourth-order valence-corrected chi connectivity index (χ4v) is 0.628. The molecular formula is C6H5OSi. The quantitative estimate of drug-likeness (QED) is 0.486. The Kier molecular flexibility index (Phi) is 1.35. The minimum Gasteiger partial charge on any atom is -0.508 e. The molecule has 0 saturated carbocycles. The molecule has 8 heavy (non-hydrogen) atoms. The lowest BCUT2D eigenvalue weighted by Gasteiger charge is -1.89. The van der Waals surface area contributed by atoms with Crippen LogP contribution < -0.4 is 5.19 Å². The predicted octanol–water partition coefficient (Wildman–Crippen LogP) is 0.186. The summed E-state index contributed by atoms with van der Waals surface area (Å²) in [5.41, 5.74) is 0. The average Bonchev–Trinajstić information content (AvgIpc) is 1.77. The zero-order chi connectivity index (χ0) is 5.98. The molecule has 0 heterocycles. The van der Waals surface area contributed by atoms with Gasteiger partial charge < -0.3 is 5.11 Å². The Morgan fingerprint density at radius 1 is 1.12 bits per heavy atom. The highest BCUT2D eigenvalue weighted by molar-refractivity contribution is 6.32. The van der Waals surface area contributed by atoms with Gasteiger partial charge in [-0.2, -0.15) is 0 Å². The van der Waals surface area contributed by atoms with Gasteiger partial charge in [-0.05, 0) is 12.1 Å². The van der Waals surface area contributed by atoms with Gasteiger partial charge in [0.25, 0.3) is 0 Å². The molecule has 0 atom stereocenters. The fourth-order valence-electron chi connectivity index (χ4n) is 0.461. The number of phenolic OH excluding ortho intramolecular Hbond substituents is 1. The van der Waals surface area contributed by atoms with Crippen molar-refractivity contribution in [3.8, 4) is 5.75 Å². The third-order valence-corrected chi connectivity index (χ3v) is 1.20. The first-order chi connectivity index (χ1) is 3.79. The summed E-state index contributed by atoms with van der Waals surface area (Å²) < 4.78 is 0. The van der Waals surface area contributed by atoms with Gasteiger partial charge in [0.2, 0.25) is 0 Å². The summed E-state index contributed by atoms with van der Waals surface area (Å²) in [6.45, 7) is 0. The topological polar surface area (TPSA) is 20.2 Å². The van der Waals surface area contributed by atoms with E-state index in [-0.39, 0.29) is 0 Å². The van der Waals surface area contributed by atoms with E-state index in [2.05, 4.69) is 10.2 Å². The van der Waals surface area contributed by atoms with Gasteiger partial charge in [-0.1, -0.05) is 17.3 Å². The Bertz CT molecular complexity index is 147. The number of aromatic hydroxyl groups is 1. The van der Waals surface area contributed by atoms with Gasteiger partial charge in [-0.25, -0.2) is 0 Å². The number of benzene rings is 1. The molecule has 1 rings (SSSR count). The number of hydrogen-bond acceptors (Lipinski definition) is 1. The highest BCUT2D eigenvalue weighted by atomic mass is 28.1. The molecule has 3 radical (unpaired) electrons. The smallest absolute Gasteiger partial charge is 0.115 e. The molecule has 0 amide bonds. The second-order valence-electron chi connectivity index (χ2n) is 1.55. The molecule has 1 aromatic carbocycles. The summed E-state index contributed by atoms with van der Waals surface area (Å²) in [6.07, 6.45) is 0. The monoisotopic (exact) mass is 121 g/mol. The fraction of sp³-hybridized carbons (Fsp3) is 0. The van der Waals surface area contributed by atoms with Crippen molar-refractivity contribution in [3.63, 3.8) is 0 Å². The van der Waals surface area contributed by atoms with Crippen molar-refractivity contribution in [1.29, 1.82) is 0 Å². The lowest BCUT2D eigenvalue weighted by molar-refractivity contribution is 0.475. The Morgan fingerprint density at radius 3 is 2.00 bits per heavy atom. The summed E-state index contributed by atoms with van der Waals surface area (Å²) in [6, 6.07) is 6.82. The van der Waals surface area contributed by atoms with E-state index in [1.807, 2.05) is 0 Å². The number of rotatable bonds is 0. The van der Waals surface area contributed by atoms with Crippen LogP contribution in [0.5, 0.6) is 5.75 Å². The van der Waals surface area contributed by atoms with Crippen LogP contribution in [0.2, 0.25) is 0 Å². The van der Waals surface area contributed by atoms with E-state index in [0.29, 0.717) is 5.75 Å². The minimum atomic E-state index is 0.298. The molecule has 0 spiro atoms. The van der Waals surface area contributed by atoms with Gasteiger partial charge in [0.1, 0.15) is 5.75 Å². The van der Waals surface area contributed by atoms with Gasteiger partial charge in [0, 0.05) is 0 Å². The molecule has 0 aliphatic rings. The molecule has 0 aliphatic heterocycles. The van der Waals surface area contributed by atoms with Crippen LogP contribution in [-0.4, -0.2) is 15.3 Å². The standard InChI is InChI=1S/C6H5OSi/c7-5-1-3-6(8)4-2-5/h1-4,7H. The first kappa shape index (κ1) is 5.38. The predicted molar refractivity (Wildman–Crippen MR) is 33.5 cm³/mol. The largest absolute Gasteiger partial charge is 0.508 e. The molecule has 39 valence electrons. The van der Waals surface area contributed by atoms with Crippen LogP contribution in [0, 0.1) is 0 Å². The summed E-state index contributed by atoms with van der Waals surface area (Å²) in [4.78, 5) is 0. The zero-order valence-electron chi connectivity index (χ0n) is 4.26. The van der Waals surface area contributed by atoms with E-state index in [1.165, 1.54) is 0 Å². The molecule has 0 unspecified atom stereocenters. The summed E-state index contributed by atoms with van der Waals surface area (Å²) >= 11 is 0. The van der Waals surface area contributed by atoms with Crippen LogP contribution in [0.3, 0.4) is 0 Å². The Balaban J connectivity index is 3.03.